The Bertz CT molecular complexity index is 701. The van der Waals surface area contributed by atoms with E-state index < -0.39 is 21.2 Å². The molecule has 1 aromatic heterocycles. The molecule has 1 rings (SSSR count). The lowest BCUT2D eigenvalue weighted by Gasteiger charge is -2.20. The van der Waals surface area contributed by atoms with E-state index in [1.165, 1.54) is 17.1 Å². The molecule has 1 heterocycles. The molecule has 25 heavy (non-hydrogen) atoms. The number of sulfonamides is 1. The molecule has 9 heteroatoms. The fraction of sp³-hybridized carbons (Fsp3) is 0.438. The van der Waals surface area contributed by atoms with Gasteiger partial charge in [-0.05, 0) is 6.42 Å². The molecule has 0 N–H and O–H groups in total. The lowest BCUT2D eigenvalue weighted by atomic mass is 10.3. The fourth-order valence-corrected chi connectivity index (χ4v) is 3.25. The maximum absolute atomic E-state index is 12.6. The number of hydrogen-bond donors (Lipinski definition) is 0. The topological polar surface area (TPSA) is 88.4 Å². The highest BCUT2D eigenvalue weighted by Crippen LogP contribution is 2.11. The summed E-state index contributed by atoms with van der Waals surface area (Å²) in [5, 5.41) is 3.43. The Kier molecular flexibility index (Phi) is 8.23. The lowest BCUT2D eigenvalue weighted by molar-refractivity contribution is 0.200. The second kappa shape index (κ2) is 9.90. The van der Waals surface area contributed by atoms with Crippen molar-refractivity contribution in [3.05, 3.63) is 44.3 Å². The summed E-state index contributed by atoms with van der Waals surface area (Å²) in [5.41, 5.74) is 0. The van der Waals surface area contributed by atoms with Gasteiger partial charge >= 0.3 is 6.03 Å². The summed E-state index contributed by atoms with van der Waals surface area (Å²) in [6, 6.07) is -0.443. The molecule has 0 saturated heterocycles. The zero-order chi connectivity index (χ0) is 18.9. The van der Waals surface area contributed by atoms with Crippen LogP contribution in [0.3, 0.4) is 0 Å². The standard InChI is InChI=1S/C16H25N5O3S/c1-5-9-13-19(10-6-2)16(22)21-14-17-15(18-21)25(23,24)20(11-7-3)12-8-4/h6-8,14H,2-5,9-13H2,1H3. The first kappa shape index (κ1) is 20.8. The van der Waals surface area contributed by atoms with Gasteiger partial charge in [0.15, 0.2) is 0 Å². The number of aromatic nitrogens is 3. The molecule has 0 aliphatic carbocycles. The first-order valence-electron chi connectivity index (χ1n) is 7.96. The molecule has 1 aromatic rings. The molecule has 0 unspecified atom stereocenters. The second-order valence-corrected chi connectivity index (χ2v) is 7.07. The number of amides is 1. The van der Waals surface area contributed by atoms with E-state index in [-0.39, 0.29) is 13.1 Å². The molecule has 1 amide bonds. The SMILES string of the molecule is C=CCN(CCCC)C(=O)n1cnc(S(=O)(=O)N(CC=C)CC=C)n1. The minimum Gasteiger partial charge on any atom is -0.319 e. The predicted octanol–water partition coefficient (Wildman–Crippen LogP) is 1.90. The van der Waals surface area contributed by atoms with E-state index in [4.69, 9.17) is 0 Å². The third-order valence-corrected chi connectivity index (χ3v) is 4.93. The van der Waals surface area contributed by atoms with E-state index >= 15 is 0 Å². The van der Waals surface area contributed by atoms with Crippen LogP contribution in [0.5, 0.6) is 0 Å². The average molecular weight is 367 g/mol. The van der Waals surface area contributed by atoms with Crippen molar-refractivity contribution < 1.29 is 13.2 Å². The van der Waals surface area contributed by atoms with Gasteiger partial charge in [0, 0.05) is 26.2 Å². The van der Waals surface area contributed by atoms with Gasteiger partial charge in [0.05, 0.1) is 0 Å². The Morgan fingerprint density at radius 1 is 1.20 bits per heavy atom. The Balaban J connectivity index is 3.06. The maximum Gasteiger partial charge on any atom is 0.346 e. The molecule has 0 atom stereocenters. The van der Waals surface area contributed by atoms with E-state index in [0.29, 0.717) is 13.1 Å². The summed E-state index contributed by atoms with van der Waals surface area (Å²) >= 11 is 0. The minimum absolute atomic E-state index is 0.0932. The summed E-state index contributed by atoms with van der Waals surface area (Å²) in [7, 11) is -3.94. The number of hydrogen-bond acceptors (Lipinski definition) is 5. The van der Waals surface area contributed by atoms with Crippen molar-refractivity contribution in [1.82, 2.24) is 24.0 Å². The van der Waals surface area contributed by atoms with Gasteiger partial charge in [-0.1, -0.05) is 31.6 Å². The first-order chi connectivity index (χ1) is 11.9. The molecule has 0 fully saturated rings. The number of unbranched alkanes of at least 4 members (excludes halogenated alkanes) is 1. The molecule has 0 aliphatic heterocycles. The maximum atomic E-state index is 12.6. The van der Waals surface area contributed by atoms with Crippen LogP contribution in [0.15, 0.2) is 49.4 Å². The summed E-state index contributed by atoms with van der Waals surface area (Å²) in [6.45, 7) is 13.8. The second-order valence-electron chi connectivity index (χ2n) is 5.24. The monoisotopic (exact) mass is 367 g/mol. The molecule has 0 bridgehead atoms. The van der Waals surface area contributed by atoms with Crippen LogP contribution in [0.25, 0.3) is 0 Å². The third-order valence-electron chi connectivity index (χ3n) is 3.30. The fourth-order valence-electron chi connectivity index (χ4n) is 2.05. The van der Waals surface area contributed by atoms with Gasteiger partial charge < -0.3 is 4.90 Å². The molecule has 0 spiro atoms. The summed E-state index contributed by atoms with van der Waals surface area (Å²) in [5.74, 6) is 0. The van der Waals surface area contributed by atoms with Gasteiger partial charge in [-0.25, -0.2) is 18.2 Å². The average Bonchev–Trinajstić information content (AvgIpc) is 3.08. The van der Waals surface area contributed by atoms with E-state index in [1.54, 1.807) is 6.08 Å². The van der Waals surface area contributed by atoms with Gasteiger partial charge in [-0.3, -0.25) is 0 Å². The van der Waals surface area contributed by atoms with Crippen LogP contribution in [0.2, 0.25) is 0 Å². The zero-order valence-corrected chi connectivity index (χ0v) is 15.4. The zero-order valence-electron chi connectivity index (χ0n) is 14.5. The first-order valence-corrected chi connectivity index (χ1v) is 9.40. The van der Waals surface area contributed by atoms with Crippen LogP contribution in [-0.4, -0.2) is 64.6 Å². The molecule has 0 aliphatic rings. The molecule has 138 valence electrons. The van der Waals surface area contributed by atoms with Crippen molar-refractivity contribution in [1.29, 1.82) is 0 Å². The van der Waals surface area contributed by atoms with Crippen molar-refractivity contribution >= 4 is 16.1 Å². The Morgan fingerprint density at radius 3 is 2.32 bits per heavy atom. The lowest BCUT2D eigenvalue weighted by Crippen LogP contribution is -2.36. The summed E-state index contributed by atoms with van der Waals surface area (Å²) in [4.78, 5) is 17.8. The number of nitrogens with zero attached hydrogens (tertiary/aromatic N) is 5. The van der Waals surface area contributed by atoms with Crippen LogP contribution < -0.4 is 0 Å². The highest BCUT2D eigenvalue weighted by Gasteiger charge is 2.28. The summed E-state index contributed by atoms with van der Waals surface area (Å²) < 4.78 is 27.2. The van der Waals surface area contributed by atoms with Crippen molar-refractivity contribution in [2.24, 2.45) is 0 Å². The highest BCUT2D eigenvalue weighted by atomic mass is 32.2. The van der Waals surface area contributed by atoms with Gasteiger partial charge in [0.25, 0.3) is 15.2 Å². The van der Waals surface area contributed by atoms with Crippen LogP contribution in [0.4, 0.5) is 4.79 Å². The van der Waals surface area contributed by atoms with Crippen LogP contribution in [0.1, 0.15) is 19.8 Å². The van der Waals surface area contributed by atoms with Gasteiger partial charge in [-0.2, -0.15) is 8.99 Å². The Hall–Kier alpha value is -2.26. The van der Waals surface area contributed by atoms with Crippen LogP contribution in [-0.2, 0) is 10.0 Å². The summed E-state index contributed by atoms with van der Waals surface area (Å²) in [6.07, 6.45) is 7.39. The molecule has 8 nitrogen and oxygen atoms in total. The number of carbonyl (C=O) groups is 1. The van der Waals surface area contributed by atoms with Crippen molar-refractivity contribution in [2.75, 3.05) is 26.2 Å². The minimum atomic E-state index is -3.94. The quantitative estimate of drug-likeness (QED) is 0.557. The highest BCUT2D eigenvalue weighted by molar-refractivity contribution is 7.89. The van der Waals surface area contributed by atoms with E-state index in [9.17, 15) is 13.2 Å². The van der Waals surface area contributed by atoms with E-state index in [2.05, 4.69) is 29.8 Å². The molecule has 0 aromatic carbocycles. The van der Waals surface area contributed by atoms with Gasteiger partial charge in [0.2, 0.25) is 0 Å². The van der Waals surface area contributed by atoms with E-state index in [0.717, 1.165) is 28.2 Å². The van der Waals surface area contributed by atoms with E-state index in [1.807, 2.05) is 6.92 Å². The van der Waals surface area contributed by atoms with Crippen molar-refractivity contribution in [3.63, 3.8) is 0 Å². The Labute approximate surface area is 149 Å². The molecule has 0 radical (unpaired) electrons. The van der Waals surface area contributed by atoms with Crippen LogP contribution in [0, 0.1) is 0 Å². The Morgan fingerprint density at radius 2 is 1.80 bits per heavy atom. The number of rotatable bonds is 11. The third kappa shape index (κ3) is 5.36. The normalized spacial score (nSPS) is 11.3. The van der Waals surface area contributed by atoms with Crippen molar-refractivity contribution in [3.8, 4) is 0 Å². The van der Waals surface area contributed by atoms with Gasteiger partial charge in [0.1, 0.15) is 6.33 Å². The van der Waals surface area contributed by atoms with Crippen LogP contribution >= 0.6 is 0 Å². The molecule has 0 saturated carbocycles. The predicted molar refractivity (Wildman–Crippen MR) is 96.6 cm³/mol. The smallest absolute Gasteiger partial charge is 0.319 e. The van der Waals surface area contributed by atoms with Crippen molar-refractivity contribution in [2.45, 2.75) is 24.9 Å². The largest absolute Gasteiger partial charge is 0.346 e. The molecular weight excluding hydrogens is 342 g/mol. The van der Waals surface area contributed by atoms with Gasteiger partial charge in [-0.15, -0.1) is 24.8 Å². The molecular formula is C16H25N5O3S. The number of carbonyl (C=O) groups excluding carboxylic acids is 1.